The van der Waals surface area contributed by atoms with Crippen molar-refractivity contribution >= 4 is 19.8 Å². The van der Waals surface area contributed by atoms with Gasteiger partial charge < -0.3 is 24.6 Å². The fourth-order valence-electron chi connectivity index (χ4n) is 4.17. The van der Waals surface area contributed by atoms with Gasteiger partial charge in [0, 0.05) is 12.8 Å². The molecular formula is C31H59O10P. The highest BCUT2D eigenvalue weighted by Gasteiger charge is 2.27. The Morgan fingerprint density at radius 3 is 1.45 bits per heavy atom. The van der Waals surface area contributed by atoms with Gasteiger partial charge in [0.2, 0.25) is 0 Å². The van der Waals surface area contributed by atoms with Crippen molar-refractivity contribution in [1.29, 1.82) is 0 Å². The molecule has 248 valence electrons. The summed E-state index contributed by atoms with van der Waals surface area (Å²) in [4.78, 5) is 34.1. The monoisotopic (exact) mass is 622 g/mol. The molecule has 0 saturated carbocycles. The molecule has 42 heavy (non-hydrogen) atoms. The molecule has 0 aliphatic heterocycles. The molecule has 11 heteroatoms. The third-order valence-corrected chi connectivity index (χ3v) is 7.66. The van der Waals surface area contributed by atoms with Gasteiger partial charge >= 0.3 is 19.8 Å². The zero-order valence-electron chi connectivity index (χ0n) is 26.2. The van der Waals surface area contributed by atoms with Gasteiger partial charge in [0.1, 0.15) is 12.2 Å². The predicted octanol–water partition coefficient (Wildman–Crippen LogP) is 6.94. The van der Waals surface area contributed by atoms with E-state index in [-0.39, 0.29) is 12.8 Å². The number of hydrogen-bond acceptors (Lipinski definition) is 9. The van der Waals surface area contributed by atoms with Gasteiger partial charge in [-0.2, -0.15) is 0 Å². The van der Waals surface area contributed by atoms with Crippen LogP contribution >= 0.6 is 7.82 Å². The Morgan fingerprint density at radius 1 is 0.619 bits per heavy atom. The fraction of sp³-hybridized carbons (Fsp3) is 0.871. The second kappa shape index (κ2) is 28.5. The molecule has 0 heterocycles. The van der Waals surface area contributed by atoms with Crippen LogP contribution in [0.3, 0.4) is 0 Å². The predicted molar refractivity (Wildman–Crippen MR) is 164 cm³/mol. The Hall–Kier alpha value is -1.29. The highest BCUT2D eigenvalue weighted by atomic mass is 31.2. The number of carbonyl (C=O) groups is 2. The van der Waals surface area contributed by atoms with Gasteiger partial charge in [-0.1, -0.05) is 103 Å². The number of hydrogen-bond donors (Lipinski definition) is 3. The quantitative estimate of drug-likeness (QED) is 0.0333. The highest BCUT2D eigenvalue weighted by molar-refractivity contribution is 7.47. The molecule has 0 aromatic rings. The van der Waals surface area contributed by atoms with E-state index in [0.29, 0.717) is 12.8 Å². The van der Waals surface area contributed by atoms with Gasteiger partial charge in [-0.15, -0.1) is 0 Å². The van der Waals surface area contributed by atoms with Gasteiger partial charge in [-0.3, -0.25) is 18.6 Å². The Morgan fingerprint density at radius 2 is 1.02 bits per heavy atom. The second-order valence-electron chi connectivity index (χ2n) is 10.8. The van der Waals surface area contributed by atoms with Crippen LogP contribution in [-0.2, 0) is 32.7 Å². The number of aliphatic hydroxyl groups is 2. The maximum Gasteiger partial charge on any atom is 0.472 e. The Kier molecular flexibility index (Phi) is 27.6. The summed E-state index contributed by atoms with van der Waals surface area (Å²) in [6.07, 6.45) is 20.7. The minimum Gasteiger partial charge on any atom is -0.457 e. The van der Waals surface area contributed by atoms with Crippen LogP contribution < -0.4 is 0 Å². The molecule has 0 rings (SSSR count). The summed E-state index contributed by atoms with van der Waals surface area (Å²) < 4.78 is 32.2. The van der Waals surface area contributed by atoms with Crippen molar-refractivity contribution < 1.29 is 47.8 Å². The molecule has 0 radical (unpaired) electrons. The fourth-order valence-corrected chi connectivity index (χ4v) is 4.96. The molecule has 0 spiro atoms. The molecule has 0 aliphatic rings. The number of phosphoric acid groups is 1. The number of unbranched alkanes of at least 4 members (excludes halogenated alkanes) is 14. The third kappa shape index (κ3) is 26.3. The summed E-state index contributed by atoms with van der Waals surface area (Å²) in [6, 6.07) is 0. The normalized spacial score (nSPS) is 14.5. The molecule has 0 fully saturated rings. The first-order valence-electron chi connectivity index (χ1n) is 16.1. The molecule has 0 aromatic carbocycles. The molecule has 0 bridgehead atoms. The molecule has 3 atom stereocenters. The zero-order chi connectivity index (χ0) is 31.3. The van der Waals surface area contributed by atoms with Crippen LogP contribution in [0.4, 0.5) is 0 Å². The largest absolute Gasteiger partial charge is 0.472 e. The van der Waals surface area contributed by atoms with Crippen LogP contribution in [0.2, 0.25) is 0 Å². The first-order valence-corrected chi connectivity index (χ1v) is 17.6. The van der Waals surface area contributed by atoms with Crippen LogP contribution in [0, 0.1) is 0 Å². The van der Waals surface area contributed by atoms with E-state index in [4.69, 9.17) is 18.5 Å². The molecule has 10 nitrogen and oxygen atoms in total. The third-order valence-electron chi connectivity index (χ3n) is 6.71. The number of esters is 2. The summed E-state index contributed by atoms with van der Waals surface area (Å²) in [5, 5.41) is 18.9. The van der Waals surface area contributed by atoms with Crippen molar-refractivity contribution in [2.75, 3.05) is 26.4 Å². The lowest BCUT2D eigenvalue weighted by atomic mass is 10.1. The van der Waals surface area contributed by atoms with E-state index < -0.39 is 58.4 Å². The molecular weight excluding hydrogens is 563 g/mol. The van der Waals surface area contributed by atoms with Crippen molar-refractivity contribution in [3.63, 3.8) is 0 Å². The van der Waals surface area contributed by atoms with E-state index in [1.165, 1.54) is 32.1 Å². The summed E-state index contributed by atoms with van der Waals surface area (Å²) in [7, 11) is -4.61. The minimum atomic E-state index is -4.61. The van der Waals surface area contributed by atoms with Crippen molar-refractivity contribution in [1.82, 2.24) is 0 Å². The van der Waals surface area contributed by atoms with Crippen molar-refractivity contribution in [2.24, 2.45) is 0 Å². The van der Waals surface area contributed by atoms with Gasteiger partial charge in [-0.05, 0) is 32.1 Å². The van der Waals surface area contributed by atoms with Crippen LogP contribution in [0.25, 0.3) is 0 Å². The number of aliphatic hydroxyl groups excluding tert-OH is 2. The maximum atomic E-state index is 12.2. The van der Waals surface area contributed by atoms with Crippen LogP contribution in [0.5, 0.6) is 0 Å². The standard InChI is InChI=1S/C31H59O10P/c1-3-5-7-9-11-13-15-17-19-21-23-31(35)41-29(25-33)27-39-42(36,37)38-26-28(24-32)40-30(34)22-20-18-16-14-12-10-8-6-4-2/h7,9,28-29,32-33H,3-6,8,10-27H2,1-2H3,(H,36,37)/b9-7-. The molecule has 0 aliphatic carbocycles. The van der Waals surface area contributed by atoms with Crippen molar-refractivity contribution in [3.05, 3.63) is 12.2 Å². The maximum absolute atomic E-state index is 12.2. The van der Waals surface area contributed by atoms with Crippen LogP contribution in [-0.4, -0.2) is 65.7 Å². The van der Waals surface area contributed by atoms with E-state index in [1.54, 1.807) is 0 Å². The lowest BCUT2D eigenvalue weighted by Gasteiger charge is -2.20. The summed E-state index contributed by atoms with van der Waals surface area (Å²) in [5.74, 6) is -1.03. The lowest BCUT2D eigenvalue weighted by Crippen LogP contribution is -2.28. The number of carbonyl (C=O) groups excluding carboxylic acids is 2. The first kappa shape index (κ1) is 40.7. The molecule has 0 aromatic heterocycles. The SMILES string of the molecule is CCC/C=C\CCCCCCCC(=O)OC(CO)COP(=O)(O)OCC(CO)OC(=O)CCCCCCCCCCC. The molecule has 3 N–H and O–H groups in total. The highest BCUT2D eigenvalue weighted by Crippen LogP contribution is 2.43. The Labute approximate surface area is 254 Å². The van der Waals surface area contributed by atoms with E-state index in [1.807, 2.05) is 0 Å². The van der Waals surface area contributed by atoms with E-state index in [0.717, 1.165) is 64.2 Å². The van der Waals surface area contributed by atoms with E-state index in [2.05, 4.69) is 26.0 Å². The van der Waals surface area contributed by atoms with Crippen molar-refractivity contribution in [3.8, 4) is 0 Å². The average molecular weight is 623 g/mol. The zero-order valence-corrected chi connectivity index (χ0v) is 27.1. The smallest absolute Gasteiger partial charge is 0.457 e. The van der Waals surface area contributed by atoms with E-state index in [9.17, 15) is 29.3 Å². The number of allylic oxidation sites excluding steroid dienone is 2. The van der Waals surface area contributed by atoms with Gasteiger partial charge in [0.05, 0.1) is 26.4 Å². The topological polar surface area (TPSA) is 149 Å². The first-order chi connectivity index (χ1) is 20.3. The molecule has 0 amide bonds. The van der Waals surface area contributed by atoms with Gasteiger partial charge in [-0.25, -0.2) is 4.57 Å². The van der Waals surface area contributed by atoms with Crippen LogP contribution in [0.15, 0.2) is 12.2 Å². The molecule has 3 unspecified atom stereocenters. The average Bonchev–Trinajstić information content (AvgIpc) is 2.97. The summed E-state index contributed by atoms with van der Waals surface area (Å²) in [5.41, 5.74) is 0. The van der Waals surface area contributed by atoms with Gasteiger partial charge in [0.25, 0.3) is 0 Å². The number of ether oxygens (including phenoxy) is 2. The molecule has 0 saturated heterocycles. The number of phosphoric ester groups is 1. The second-order valence-corrected chi connectivity index (χ2v) is 12.2. The Bertz CT molecular complexity index is 731. The summed E-state index contributed by atoms with van der Waals surface area (Å²) in [6.45, 7) is 2.07. The number of rotatable bonds is 30. The Balaban J connectivity index is 4.08. The lowest BCUT2D eigenvalue weighted by molar-refractivity contribution is -0.153. The van der Waals surface area contributed by atoms with Crippen molar-refractivity contribution in [2.45, 2.75) is 148 Å². The van der Waals surface area contributed by atoms with Gasteiger partial charge in [0.15, 0.2) is 0 Å². The summed E-state index contributed by atoms with van der Waals surface area (Å²) >= 11 is 0. The van der Waals surface area contributed by atoms with E-state index >= 15 is 0 Å². The minimum absolute atomic E-state index is 0.183. The van der Waals surface area contributed by atoms with Crippen LogP contribution in [0.1, 0.15) is 136 Å².